The van der Waals surface area contributed by atoms with Gasteiger partial charge in [0.05, 0.1) is 23.6 Å². The molecule has 4 aromatic rings. The Morgan fingerprint density at radius 3 is 1.74 bits per heavy atom. The summed E-state index contributed by atoms with van der Waals surface area (Å²) in [5.41, 5.74) is 2.00. The summed E-state index contributed by atoms with van der Waals surface area (Å²) >= 11 is 0. The first-order valence-corrected chi connectivity index (χ1v) is 12.0. The number of benzene rings is 2. The lowest BCUT2D eigenvalue weighted by molar-refractivity contribution is 0.286. The van der Waals surface area contributed by atoms with Crippen molar-refractivity contribution in [2.24, 2.45) is 0 Å². The topological polar surface area (TPSA) is 97.1 Å². The smallest absolute Gasteiger partial charge is 0.139 e. The van der Waals surface area contributed by atoms with E-state index in [-0.39, 0.29) is 0 Å². The highest BCUT2D eigenvalue weighted by atomic mass is 15.3. The fourth-order valence-electron chi connectivity index (χ4n) is 4.58. The molecule has 9 nitrogen and oxygen atoms in total. The first-order valence-electron chi connectivity index (χ1n) is 12.0. The quantitative estimate of drug-likeness (QED) is 0.455. The summed E-state index contributed by atoms with van der Waals surface area (Å²) < 4.78 is 0. The van der Waals surface area contributed by atoms with Crippen LogP contribution < -0.4 is 15.1 Å². The van der Waals surface area contributed by atoms with E-state index in [1.165, 1.54) is 0 Å². The molecule has 6 rings (SSSR count). The number of aromatic nitrogens is 4. The van der Waals surface area contributed by atoms with Crippen LogP contribution in [0.1, 0.15) is 0 Å². The maximum Gasteiger partial charge on any atom is 0.139 e. The van der Waals surface area contributed by atoms with Crippen LogP contribution in [-0.4, -0.2) is 83.7 Å². The molecule has 2 aromatic heterocycles. The molecule has 0 saturated carbocycles. The van der Waals surface area contributed by atoms with E-state index < -0.39 is 0 Å². The number of piperazine rings is 2. The van der Waals surface area contributed by atoms with E-state index in [0.717, 1.165) is 85.8 Å². The molecule has 0 bridgehead atoms. The number of rotatable bonds is 3. The molecule has 2 aliphatic rings. The van der Waals surface area contributed by atoms with Gasteiger partial charge in [-0.25, -0.2) is 19.9 Å². The number of anilines is 2. The molecule has 2 aliphatic heterocycles. The molecule has 0 atom stereocenters. The SMILES string of the molecule is N#CCN1CCN(c2ncnc3ccccc23)CC1.c1ccc2c(N3CCNCC3)ncnc2c1. The molecule has 2 aromatic carbocycles. The highest BCUT2D eigenvalue weighted by molar-refractivity contribution is 5.90. The van der Waals surface area contributed by atoms with Crippen molar-refractivity contribution in [1.82, 2.24) is 30.2 Å². The molecule has 0 amide bonds. The summed E-state index contributed by atoms with van der Waals surface area (Å²) in [6, 6.07) is 18.4. The third-order valence-corrected chi connectivity index (χ3v) is 6.43. The third-order valence-electron chi connectivity index (χ3n) is 6.43. The first kappa shape index (κ1) is 22.9. The van der Waals surface area contributed by atoms with Crippen molar-refractivity contribution in [2.45, 2.75) is 0 Å². The van der Waals surface area contributed by atoms with Crippen molar-refractivity contribution in [3.05, 3.63) is 61.2 Å². The first-order chi connectivity index (χ1) is 17.3. The van der Waals surface area contributed by atoms with Crippen molar-refractivity contribution < 1.29 is 0 Å². The average Bonchev–Trinajstić information content (AvgIpc) is 2.94. The van der Waals surface area contributed by atoms with Crippen LogP contribution in [0, 0.1) is 11.3 Å². The van der Waals surface area contributed by atoms with Crippen LogP contribution >= 0.6 is 0 Å². The maximum atomic E-state index is 8.72. The fraction of sp³-hybridized carbons (Fsp3) is 0.346. The van der Waals surface area contributed by atoms with Gasteiger partial charge in [-0.05, 0) is 24.3 Å². The summed E-state index contributed by atoms with van der Waals surface area (Å²) in [4.78, 5) is 24.2. The molecular formula is C26H29N9. The number of hydrogen-bond donors (Lipinski definition) is 1. The Balaban J connectivity index is 0.000000147. The van der Waals surface area contributed by atoms with Crippen LogP contribution in [0.15, 0.2) is 61.2 Å². The zero-order valence-electron chi connectivity index (χ0n) is 19.7. The summed E-state index contributed by atoms with van der Waals surface area (Å²) in [6.07, 6.45) is 3.28. The minimum Gasteiger partial charge on any atom is -0.353 e. The number of nitriles is 1. The standard InChI is InChI=1S/C14H15N5.C12H14N4/c15-5-6-18-7-9-19(10-8-18)14-12-3-1-2-4-13(12)16-11-17-14;1-2-4-11-10(3-1)12(15-9-14-11)16-7-5-13-6-8-16/h1-4,11H,6-10H2;1-4,9,13H,5-8H2. The molecular weight excluding hydrogens is 438 g/mol. The molecule has 1 N–H and O–H groups in total. The highest BCUT2D eigenvalue weighted by Crippen LogP contribution is 2.24. The number of hydrogen-bond acceptors (Lipinski definition) is 9. The van der Waals surface area contributed by atoms with Crippen LogP contribution in [0.2, 0.25) is 0 Å². The van der Waals surface area contributed by atoms with E-state index in [2.05, 4.69) is 58.2 Å². The van der Waals surface area contributed by atoms with Gasteiger partial charge in [-0.1, -0.05) is 24.3 Å². The van der Waals surface area contributed by atoms with E-state index in [9.17, 15) is 0 Å². The molecule has 4 heterocycles. The zero-order chi connectivity index (χ0) is 23.9. The van der Waals surface area contributed by atoms with Gasteiger partial charge < -0.3 is 15.1 Å². The Hall–Kier alpha value is -3.87. The molecule has 0 radical (unpaired) electrons. The van der Waals surface area contributed by atoms with Crippen LogP contribution in [-0.2, 0) is 0 Å². The highest BCUT2D eigenvalue weighted by Gasteiger charge is 2.19. The Kier molecular flexibility index (Phi) is 7.22. The Labute approximate surface area is 205 Å². The molecule has 35 heavy (non-hydrogen) atoms. The lowest BCUT2D eigenvalue weighted by Crippen LogP contribution is -2.46. The van der Waals surface area contributed by atoms with E-state index in [4.69, 9.17) is 5.26 Å². The summed E-state index contributed by atoms with van der Waals surface area (Å²) in [7, 11) is 0. The normalized spacial score (nSPS) is 16.5. The van der Waals surface area contributed by atoms with Gasteiger partial charge in [0.25, 0.3) is 0 Å². The largest absolute Gasteiger partial charge is 0.353 e. The molecule has 9 heteroatoms. The van der Waals surface area contributed by atoms with Crippen LogP contribution in [0.25, 0.3) is 21.8 Å². The van der Waals surface area contributed by atoms with Crippen LogP contribution in [0.5, 0.6) is 0 Å². The lowest BCUT2D eigenvalue weighted by atomic mass is 10.2. The van der Waals surface area contributed by atoms with Gasteiger partial charge in [0.2, 0.25) is 0 Å². The van der Waals surface area contributed by atoms with Crippen molar-refractivity contribution in [3.8, 4) is 6.07 Å². The number of fused-ring (bicyclic) bond motifs is 2. The van der Waals surface area contributed by atoms with Gasteiger partial charge in [-0.15, -0.1) is 0 Å². The van der Waals surface area contributed by atoms with E-state index in [0.29, 0.717) is 6.54 Å². The minimum absolute atomic E-state index is 0.512. The van der Waals surface area contributed by atoms with Crippen molar-refractivity contribution in [1.29, 1.82) is 5.26 Å². The molecule has 178 valence electrons. The predicted molar refractivity (Wildman–Crippen MR) is 138 cm³/mol. The average molecular weight is 468 g/mol. The lowest BCUT2D eigenvalue weighted by Gasteiger charge is -2.34. The Morgan fingerprint density at radius 2 is 1.20 bits per heavy atom. The summed E-state index contributed by atoms with van der Waals surface area (Å²) in [5, 5.41) is 14.3. The Morgan fingerprint density at radius 1 is 0.686 bits per heavy atom. The molecule has 0 unspecified atom stereocenters. The fourth-order valence-corrected chi connectivity index (χ4v) is 4.58. The number of nitrogens with zero attached hydrogens (tertiary/aromatic N) is 8. The van der Waals surface area contributed by atoms with Gasteiger partial charge in [0, 0.05) is 63.1 Å². The van der Waals surface area contributed by atoms with Crippen molar-refractivity contribution >= 4 is 33.4 Å². The third kappa shape index (κ3) is 5.29. The van der Waals surface area contributed by atoms with E-state index in [1.807, 2.05) is 36.4 Å². The zero-order valence-corrected chi connectivity index (χ0v) is 19.7. The van der Waals surface area contributed by atoms with Crippen LogP contribution in [0.3, 0.4) is 0 Å². The van der Waals surface area contributed by atoms with Crippen molar-refractivity contribution in [2.75, 3.05) is 68.7 Å². The predicted octanol–water partition coefficient (Wildman–Crippen LogP) is 2.31. The van der Waals surface area contributed by atoms with Gasteiger partial charge in [-0.2, -0.15) is 5.26 Å². The molecule has 0 spiro atoms. The minimum atomic E-state index is 0.512. The van der Waals surface area contributed by atoms with Gasteiger partial charge in [0.1, 0.15) is 24.3 Å². The van der Waals surface area contributed by atoms with Crippen molar-refractivity contribution in [3.63, 3.8) is 0 Å². The second kappa shape index (κ2) is 11.0. The molecule has 2 saturated heterocycles. The monoisotopic (exact) mass is 467 g/mol. The van der Waals surface area contributed by atoms with Gasteiger partial charge in [-0.3, -0.25) is 4.90 Å². The number of nitrogens with one attached hydrogen (secondary N) is 1. The molecule has 2 fully saturated rings. The van der Waals surface area contributed by atoms with Gasteiger partial charge in [0.15, 0.2) is 0 Å². The summed E-state index contributed by atoms with van der Waals surface area (Å²) in [6.45, 7) is 8.22. The molecule has 0 aliphatic carbocycles. The second-order valence-corrected chi connectivity index (χ2v) is 8.59. The Bertz CT molecular complexity index is 1290. The number of para-hydroxylation sites is 2. The van der Waals surface area contributed by atoms with Crippen LogP contribution in [0.4, 0.5) is 11.6 Å². The maximum absolute atomic E-state index is 8.72. The second-order valence-electron chi connectivity index (χ2n) is 8.59. The van der Waals surface area contributed by atoms with E-state index in [1.54, 1.807) is 12.7 Å². The van der Waals surface area contributed by atoms with Gasteiger partial charge >= 0.3 is 0 Å². The van der Waals surface area contributed by atoms with E-state index >= 15 is 0 Å². The summed E-state index contributed by atoms with van der Waals surface area (Å²) in [5.74, 6) is 2.06.